The summed E-state index contributed by atoms with van der Waals surface area (Å²) in [6, 6.07) is 0. The first-order valence-electron chi connectivity index (χ1n) is 4.15. The van der Waals surface area contributed by atoms with Gasteiger partial charge in [0, 0.05) is 0 Å². The van der Waals surface area contributed by atoms with Crippen molar-refractivity contribution in [3.8, 4) is 0 Å². The maximum absolute atomic E-state index is 10.9. The van der Waals surface area contributed by atoms with Gasteiger partial charge in [-0.25, -0.2) is 0 Å². The molecule has 1 nitrogen and oxygen atoms in total. The first-order valence-corrected chi connectivity index (χ1v) is 4.15. The molecule has 0 radical (unpaired) electrons. The highest BCUT2D eigenvalue weighted by Gasteiger charge is 2.26. The van der Waals surface area contributed by atoms with Crippen LogP contribution in [0, 0.1) is 5.41 Å². The molecule has 1 atom stereocenters. The Balaban J connectivity index is 2.83. The quantitative estimate of drug-likeness (QED) is 0.460. The lowest BCUT2D eigenvalue weighted by Gasteiger charge is -2.25. The fourth-order valence-electron chi connectivity index (χ4n) is 1.58. The number of hydrogen-bond acceptors (Lipinski definition) is 1. The van der Waals surface area contributed by atoms with E-state index in [0.29, 0.717) is 0 Å². The summed E-state index contributed by atoms with van der Waals surface area (Å²) in [5.74, 6) is 0. The maximum atomic E-state index is 10.9. The van der Waals surface area contributed by atoms with Crippen molar-refractivity contribution >= 4 is 6.29 Å². The molecule has 0 spiro atoms. The molecule has 12 heavy (non-hydrogen) atoms. The van der Waals surface area contributed by atoms with Crippen molar-refractivity contribution in [1.29, 1.82) is 0 Å². The highest BCUT2D eigenvalue weighted by Crippen LogP contribution is 2.32. The zero-order chi connectivity index (χ0) is 9.03. The average Bonchev–Trinajstić information content (AvgIpc) is 2.05. The predicted octanol–water partition coefficient (Wildman–Crippen LogP) is 2.65. The summed E-state index contributed by atoms with van der Waals surface area (Å²) < 4.78 is 0. The van der Waals surface area contributed by atoms with E-state index in [0.717, 1.165) is 19.1 Å². The molecule has 1 rings (SSSR count). The van der Waals surface area contributed by atoms with E-state index >= 15 is 0 Å². The summed E-state index contributed by atoms with van der Waals surface area (Å²) in [7, 11) is 0. The van der Waals surface area contributed by atoms with E-state index in [1.165, 1.54) is 5.57 Å². The van der Waals surface area contributed by atoms with Crippen molar-refractivity contribution in [3.63, 3.8) is 0 Å². The molecule has 0 aromatic rings. The van der Waals surface area contributed by atoms with Gasteiger partial charge >= 0.3 is 0 Å². The molecule has 0 amide bonds. The van der Waals surface area contributed by atoms with Crippen molar-refractivity contribution in [2.75, 3.05) is 0 Å². The van der Waals surface area contributed by atoms with Crippen molar-refractivity contribution in [3.05, 3.63) is 36.5 Å². The summed E-state index contributed by atoms with van der Waals surface area (Å²) in [4.78, 5) is 10.9. The van der Waals surface area contributed by atoms with E-state index in [4.69, 9.17) is 0 Å². The van der Waals surface area contributed by atoms with Crippen molar-refractivity contribution in [1.82, 2.24) is 0 Å². The molecule has 0 aromatic heterocycles. The monoisotopic (exact) mass is 162 g/mol. The largest absolute Gasteiger partial charge is 0.302 e. The van der Waals surface area contributed by atoms with E-state index in [2.05, 4.69) is 6.58 Å². The maximum Gasteiger partial charge on any atom is 0.130 e. The highest BCUT2D eigenvalue weighted by atomic mass is 16.1. The van der Waals surface area contributed by atoms with Crippen LogP contribution in [0.2, 0.25) is 0 Å². The van der Waals surface area contributed by atoms with Gasteiger partial charge in [0.15, 0.2) is 0 Å². The van der Waals surface area contributed by atoms with Crippen LogP contribution in [0.25, 0.3) is 0 Å². The van der Waals surface area contributed by atoms with E-state index < -0.39 is 0 Å². The van der Waals surface area contributed by atoms with Gasteiger partial charge in [0.25, 0.3) is 0 Å². The Kier molecular flexibility index (Phi) is 2.64. The first-order chi connectivity index (χ1) is 5.72. The van der Waals surface area contributed by atoms with Crippen molar-refractivity contribution < 1.29 is 4.79 Å². The fourth-order valence-corrected chi connectivity index (χ4v) is 1.58. The number of aldehydes is 1. The van der Waals surface area contributed by atoms with E-state index in [1.54, 1.807) is 6.08 Å². The zero-order valence-electron chi connectivity index (χ0n) is 7.42. The summed E-state index contributed by atoms with van der Waals surface area (Å²) in [6.45, 7) is 5.71. The van der Waals surface area contributed by atoms with Gasteiger partial charge in [0.2, 0.25) is 0 Å². The standard InChI is InChI=1S/C11H14O/c1-3-6-11(9-12)7-4-5-10(2)8-11/h3-5,7,9H,1,6,8H2,2H3. The third-order valence-electron chi connectivity index (χ3n) is 2.18. The van der Waals surface area contributed by atoms with Crippen LogP contribution >= 0.6 is 0 Å². The van der Waals surface area contributed by atoms with Crippen LogP contribution in [0.3, 0.4) is 0 Å². The van der Waals surface area contributed by atoms with Crippen molar-refractivity contribution in [2.45, 2.75) is 19.8 Å². The molecular formula is C11H14O. The van der Waals surface area contributed by atoms with E-state index in [1.807, 2.05) is 25.2 Å². The normalized spacial score (nSPS) is 27.9. The molecule has 0 bridgehead atoms. The van der Waals surface area contributed by atoms with Crippen LogP contribution in [-0.2, 0) is 4.79 Å². The van der Waals surface area contributed by atoms with Crippen molar-refractivity contribution in [2.24, 2.45) is 5.41 Å². The number of hydrogen-bond donors (Lipinski definition) is 0. The highest BCUT2D eigenvalue weighted by molar-refractivity contribution is 5.65. The minimum absolute atomic E-state index is 0.305. The van der Waals surface area contributed by atoms with Gasteiger partial charge < -0.3 is 4.79 Å². The Bertz CT molecular complexity index is 248. The molecule has 0 saturated heterocycles. The number of carbonyl (C=O) groups is 1. The van der Waals surface area contributed by atoms with Crippen LogP contribution in [0.4, 0.5) is 0 Å². The SMILES string of the molecule is C=CCC1(C=O)C=CC=C(C)C1. The second-order valence-corrected chi connectivity index (χ2v) is 3.39. The number of carbonyl (C=O) groups excluding carboxylic acids is 1. The van der Waals surface area contributed by atoms with Gasteiger partial charge in [-0.15, -0.1) is 6.58 Å². The molecule has 64 valence electrons. The van der Waals surface area contributed by atoms with Gasteiger partial charge in [0.1, 0.15) is 6.29 Å². The van der Waals surface area contributed by atoms with E-state index in [9.17, 15) is 4.79 Å². The number of allylic oxidation sites excluding steroid dienone is 5. The second-order valence-electron chi connectivity index (χ2n) is 3.39. The Hall–Kier alpha value is -1.11. The molecule has 0 N–H and O–H groups in total. The molecule has 0 aromatic carbocycles. The molecule has 1 heteroatoms. The third-order valence-corrected chi connectivity index (χ3v) is 2.18. The Morgan fingerprint density at radius 3 is 3.00 bits per heavy atom. The summed E-state index contributed by atoms with van der Waals surface area (Å²) in [5.41, 5.74) is 0.951. The minimum atomic E-state index is -0.305. The fraction of sp³-hybridized carbons (Fsp3) is 0.364. The molecule has 1 aliphatic carbocycles. The Morgan fingerprint density at radius 2 is 2.50 bits per heavy atom. The summed E-state index contributed by atoms with van der Waals surface area (Å²) >= 11 is 0. The summed E-state index contributed by atoms with van der Waals surface area (Å²) in [6.07, 6.45) is 10.4. The van der Waals surface area contributed by atoms with Gasteiger partial charge in [-0.1, -0.05) is 29.9 Å². The van der Waals surface area contributed by atoms with Crippen LogP contribution in [-0.4, -0.2) is 6.29 Å². The topological polar surface area (TPSA) is 17.1 Å². The Morgan fingerprint density at radius 1 is 1.75 bits per heavy atom. The van der Waals surface area contributed by atoms with Crippen LogP contribution in [0.1, 0.15) is 19.8 Å². The molecular weight excluding hydrogens is 148 g/mol. The van der Waals surface area contributed by atoms with Gasteiger partial charge in [-0.2, -0.15) is 0 Å². The zero-order valence-corrected chi connectivity index (χ0v) is 7.42. The second kappa shape index (κ2) is 3.53. The van der Waals surface area contributed by atoms with Crippen LogP contribution < -0.4 is 0 Å². The Labute approximate surface area is 73.5 Å². The van der Waals surface area contributed by atoms with Crippen LogP contribution in [0.15, 0.2) is 36.5 Å². The first kappa shape index (κ1) is 8.98. The van der Waals surface area contributed by atoms with Gasteiger partial charge in [0.05, 0.1) is 5.41 Å². The average molecular weight is 162 g/mol. The lowest BCUT2D eigenvalue weighted by molar-refractivity contribution is -0.114. The van der Waals surface area contributed by atoms with Gasteiger partial charge in [-0.3, -0.25) is 0 Å². The van der Waals surface area contributed by atoms with Crippen LogP contribution in [0.5, 0.6) is 0 Å². The van der Waals surface area contributed by atoms with Gasteiger partial charge in [-0.05, 0) is 19.8 Å². The third kappa shape index (κ3) is 1.73. The van der Waals surface area contributed by atoms with E-state index in [-0.39, 0.29) is 5.41 Å². The molecule has 1 unspecified atom stereocenters. The smallest absolute Gasteiger partial charge is 0.130 e. The predicted molar refractivity (Wildman–Crippen MR) is 50.8 cm³/mol. The molecule has 1 aliphatic rings. The molecule has 0 heterocycles. The summed E-state index contributed by atoms with van der Waals surface area (Å²) in [5, 5.41) is 0. The lowest BCUT2D eigenvalue weighted by atomic mass is 9.77. The lowest BCUT2D eigenvalue weighted by Crippen LogP contribution is -2.21. The number of rotatable bonds is 3. The molecule has 0 aliphatic heterocycles. The molecule has 0 fully saturated rings. The minimum Gasteiger partial charge on any atom is -0.302 e. The molecule has 0 saturated carbocycles.